The van der Waals surface area contributed by atoms with Crippen LogP contribution in [0.25, 0.3) is 0 Å². The van der Waals surface area contributed by atoms with Gasteiger partial charge in [-0.2, -0.15) is 0 Å². The van der Waals surface area contributed by atoms with Crippen LogP contribution in [0.1, 0.15) is 25.7 Å². The Morgan fingerprint density at radius 3 is 3.17 bits per heavy atom. The van der Waals surface area contributed by atoms with Gasteiger partial charge in [0.25, 0.3) is 5.09 Å². The van der Waals surface area contributed by atoms with E-state index in [1.54, 1.807) is 0 Å². The van der Waals surface area contributed by atoms with Gasteiger partial charge in [0.2, 0.25) is 0 Å². The second kappa shape index (κ2) is 4.92. The Balaban J connectivity index is 1.91. The number of nitrogens with one attached hydrogen (secondary N) is 1. The van der Waals surface area contributed by atoms with Gasteiger partial charge in [-0.05, 0) is 25.7 Å². The molecule has 0 bridgehead atoms. The van der Waals surface area contributed by atoms with Crippen LogP contribution in [0.15, 0.2) is 0 Å². The molecule has 1 N–H and O–H groups in total. The van der Waals surface area contributed by atoms with Crippen molar-refractivity contribution in [3.8, 4) is 0 Å². The van der Waals surface area contributed by atoms with E-state index in [1.165, 1.54) is 0 Å². The van der Waals surface area contributed by atoms with E-state index in [1.807, 2.05) is 6.54 Å². The zero-order chi connectivity index (χ0) is 8.81. The highest BCUT2D eigenvalue weighted by molar-refractivity contribution is 4.81. The summed E-state index contributed by atoms with van der Waals surface area (Å²) in [5, 5.41) is 12.2. The number of nitrogens with zero attached hydrogens (tertiary/aromatic N) is 1. The van der Waals surface area contributed by atoms with E-state index in [0.29, 0.717) is 6.04 Å². The van der Waals surface area contributed by atoms with Gasteiger partial charge in [-0.1, -0.05) is 0 Å². The topological polar surface area (TPSA) is 64.4 Å². The Bertz CT molecular complexity index is 146. The summed E-state index contributed by atoms with van der Waals surface area (Å²) in [5.41, 5.74) is 0. The van der Waals surface area contributed by atoms with Crippen molar-refractivity contribution in [2.45, 2.75) is 31.7 Å². The lowest BCUT2D eigenvalue weighted by Gasteiger charge is -2.07. The molecule has 1 heterocycles. The maximum Gasteiger partial charge on any atom is 0.294 e. The molecule has 1 unspecified atom stereocenters. The summed E-state index contributed by atoms with van der Waals surface area (Å²) in [6, 6.07) is 0.500. The van der Waals surface area contributed by atoms with Crippen molar-refractivity contribution < 1.29 is 9.92 Å². The van der Waals surface area contributed by atoms with Crippen molar-refractivity contribution in [1.29, 1.82) is 0 Å². The van der Waals surface area contributed by atoms with Crippen LogP contribution in [0.2, 0.25) is 0 Å². The first-order chi connectivity index (χ1) is 5.79. The maximum absolute atomic E-state index is 9.76. The van der Waals surface area contributed by atoms with Crippen molar-refractivity contribution in [2.24, 2.45) is 0 Å². The predicted octanol–water partition coefficient (Wildman–Crippen LogP) is 0.889. The van der Waals surface area contributed by atoms with Crippen LogP contribution in [0.4, 0.5) is 0 Å². The van der Waals surface area contributed by atoms with Gasteiger partial charge >= 0.3 is 0 Å². The van der Waals surface area contributed by atoms with Crippen LogP contribution in [-0.4, -0.2) is 17.7 Å². The zero-order valence-corrected chi connectivity index (χ0v) is 6.86. The van der Waals surface area contributed by atoms with Gasteiger partial charge < -0.3 is 10.2 Å². The van der Waals surface area contributed by atoms with Crippen LogP contribution in [0.5, 0.6) is 0 Å². The SMILES string of the molecule is O=[N+]([O-])OCCCC1CC[CH]N1. The Kier molecular flexibility index (Phi) is 3.79. The maximum atomic E-state index is 9.76. The van der Waals surface area contributed by atoms with E-state index in [9.17, 15) is 10.1 Å². The minimum absolute atomic E-state index is 0.213. The highest BCUT2D eigenvalue weighted by Crippen LogP contribution is 2.12. The average Bonchev–Trinajstić information content (AvgIpc) is 2.49. The van der Waals surface area contributed by atoms with Gasteiger partial charge in [0.05, 0.1) is 6.61 Å². The second-order valence-electron chi connectivity index (χ2n) is 2.84. The summed E-state index contributed by atoms with van der Waals surface area (Å²) >= 11 is 0. The molecule has 1 radical (unpaired) electrons. The predicted molar refractivity (Wildman–Crippen MR) is 42.6 cm³/mol. The van der Waals surface area contributed by atoms with E-state index in [2.05, 4.69) is 10.2 Å². The Hall–Kier alpha value is -0.840. The molecule has 1 saturated heterocycles. The second-order valence-corrected chi connectivity index (χ2v) is 2.84. The molecule has 1 aliphatic heterocycles. The molecule has 1 fully saturated rings. The lowest BCUT2D eigenvalue weighted by Crippen LogP contribution is -2.19. The van der Waals surface area contributed by atoms with E-state index >= 15 is 0 Å². The normalized spacial score (nSPS) is 22.5. The molecule has 0 aromatic rings. The van der Waals surface area contributed by atoms with Crippen molar-refractivity contribution in [3.05, 3.63) is 16.7 Å². The molecule has 0 spiro atoms. The molecule has 1 atom stereocenters. The molecule has 1 rings (SSSR count). The van der Waals surface area contributed by atoms with Gasteiger partial charge in [-0.25, -0.2) is 0 Å². The Labute approximate surface area is 71.2 Å². The van der Waals surface area contributed by atoms with E-state index in [0.717, 1.165) is 25.7 Å². The van der Waals surface area contributed by atoms with Gasteiger partial charge in [-0.3, -0.25) is 0 Å². The third-order valence-electron chi connectivity index (χ3n) is 1.91. The summed E-state index contributed by atoms with van der Waals surface area (Å²) in [5.74, 6) is 0. The molecule has 0 aromatic heterocycles. The van der Waals surface area contributed by atoms with E-state index in [4.69, 9.17) is 0 Å². The number of hydrogen-bond acceptors (Lipinski definition) is 4. The summed E-state index contributed by atoms with van der Waals surface area (Å²) < 4.78 is 0. The fraction of sp³-hybridized carbons (Fsp3) is 0.857. The summed E-state index contributed by atoms with van der Waals surface area (Å²) in [6.07, 6.45) is 3.93. The lowest BCUT2D eigenvalue weighted by atomic mass is 10.1. The number of hydrogen-bond donors (Lipinski definition) is 1. The summed E-state index contributed by atoms with van der Waals surface area (Å²) in [7, 11) is 0. The smallest absolute Gasteiger partial charge is 0.294 e. The molecule has 5 heteroatoms. The molecule has 69 valence electrons. The van der Waals surface area contributed by atoms with Crippen molar-refractivity contribution >= 4 is 0 Å². The highest BCUT2D eigenvalue weighted by Gasteiger charge is 2.13. The molecule has 0 amide bonds. The standard InChI is InChI=1S/C7H13N2O3/c10-9(11)12-6-2-4-7-3-1-5-8-7/h5,7-8H,1-4,6H2. The highest BCUT2D eigenvalue weighted by atomic mass is 16.9. The Morgan fingerprint density at radius 2 is 2.58 bits per heavy atom. The quantitative estimate of drug-likeness (QED) is 0.381. The molecular weight excluding hydrogens is 160 g/mol. The van der Waals surface area contributed by atoms with Gasteiger partial charge in [-0.15, -0.1) is 10.1 Å². The van der Waals surface area contributed by atoms with Crippen LogP contribution < -0.4 is 5.32 Å². The molecule has 1 aliphatic rings. The average molecular weight is 173 g/mol. The van der Waals surface area contributed by atoms with Crippen LogP contribution in [0, 0.1) is 16.7 Å². The summed E-state index contributed by atoms with van der Waals surface area (Å²) in [4.78, 5) is 13.9. The molecule has 0 aliphatic carbocycles. The van der Waals surface area contributed by atoms with Crippen molar-refractivity contribution in [2.75, 3.05) is 6.61 Å². The monoisotopic (exact) mass is 173 g/mol. The van der Waals surface area contributed by atoms with E-state index in [-0.39, 0.29) is 6.61 Å². The van der Waals surface area contributed by atoms with Gasteiger partial charge in [0.15, 0.2) is 0 Å². The fourth-order valence-corrected chi connectivity index (χ4v) is 1.31. The summed E-state index contributed by atoms with van der Waals surface area (Å²) in [6.45, 7) is 2.25. The molecule has 0 aromatic carbocycles. The molecule has 5 nitrogen and oxygen atoms in total. The first-order valence-electron chi connectivity index (χ1n) is 4.14. The minimum Gasteiger partial charge on any atom is -0.314 e. The third-order valence-corrected chi connectivity index (χ3v) is 1.91. The first kappa shape index (κ1) is 9.25. The largest absolute Gasteiger partial charge is 0.314 e. The van der Waals surface area contributed by atoms with Crippen LogP contribution in [-0.2, 0) is 4.84 Å². The van der Waals surface area contributed by atoms with Gasteiger partial charge in [0, 0.05) is 12.6 Å². The molecular formula is C7H13N2O3. The fourth-order valence-electron chi connectivity index (χ4n) is 1.31. The van der Waals surface area contributed by atoms with Gasteiger partial charge in [0.1, 0.15) is 0 Å². The molecule has 0 saturated carbocycles. The Morgan fingerprint density at radius 1 is 1.75 bits per heavy atom. The minimum atomic E-state index is -0.742. The van der Waals surface area contributed by atoms with Crippen molar-refractivity contribution in [1.82, 2.24) is 5.32 Å². The molecule has 12 heavy (non-hydrogen) atoms. The van der Waals surface area contributed by atoms with Crippen molar-refractivity contribution in [3.63, 3.8) is 0 Å². The lowest BCUT2D eigenvalue weighted by molar-refractivity contribution is -0.757. The first-order valence-corrected chi connectivity index (χ1v) is 4.14. The number of rotatable bonds is 5. The van der Waals surface area contributed by atoms with Crippen LogP contribution >= 0.6 is 0 Å². The third kappa shape index (κ3) is 3.52. The zero-order valence-electron chi connectivity index (χ0n) is 6.86. The van der Waals surface area contributed by atoms with E-state index < -0.39 is 5.09 Å². The van der Waals surface area contributed by atoms with Crippen LogP contribution in [0.3, 0.4) is 0 Å².